The molecule has 1 heterocycles. The van der Waals surface area contributed by atoms with Crippen LogP contribution in [-0.2, 0) is 76.7 Å². The lowest BCUT2D eigenvalue weighted by Gasteiger charge is -2.31. The van der Waals surface area contributed by atoms with Crippen LogP contribution in [0.4, 0.5) is 0 Å². The van der Waals surface area contributed by atoms with Crippen LogP contribution in [0.1, 0.15) is 132 Å². The maximum atomic E-state index is 14.7. The number of carboxylic acids is 3. The molecule has 24 N–H and O–H groups in total. The Balaban J connectivity index is 3.62. The first kappa shape index (κ1) is 89.8. The molecule has 0 aliphatic carbocycles. The fourth-order valence-corrected chi connectivity index (χ4v) is 10.8. The van der Waals surface area contributed by atoms with E-state index in [0.29, 0.717) is 12.8 Å². The Labute approximate surface area is 588 Å². The number of rotatable bonds is 49. The number of carboxylic acid groups (broad SMARTS) is 3. The van der Waals surface area contributed by atoms with Crippen molar-refractivity contribution in [2.24, 2.45) is 39.8 Å². The van der Waals surface area contributed by atoms with Gasteiger partial charge in [0.05, 0.1) is 31.3 Å². The van der Waals surface area contributed by atoms with E-state index in [1.165, 1.54) is 0 Å². The SMILES string of the molecule is CCCC(=O)OCCSC[C@H](NC(=O)[C@H](CS)NC(=O)[C@H](CC(=O)O)NC(=O)[C@@H](N)C(C)C)C(=O)N[C@@H](CC(C)C)C(=O)N[C@@H](CO)C(=O)N[C@@H](CCCN=C(N)N)C(=O)N1CCC[C@H]1C(=O)N[C@H](C(=O)N[C@@H](CCC(=O)O)C(=O)N[C@@H](CCCCN)C(=O)N[C@H](C(=O)O)[C@@H](C)O)[C@@H](C)O. The highest BCUT2D eigenvalue weighted by Crippen LogP contribution is 2.21. The predicted octanol–water partition coefficient (Wildman–Crippen LogP) is -6.78. The Morgan fingerprint density at radius 1 is 0.600 bits per heavy atom. The molecule has 0 unspecified atom stereocenters. The van der Waals surface area contributed by atoms with Gasteiger partial charge in [0.1, 0.15) is 67.0 Å². The average Bonchev–Trinajstić information content (AvgIpc) is 1.59. The fraction of sp³-hybridized carbons (Fsp3) is 0.733. The van der Waals surface area contributed by atoms with Crippen molar-refractivity contribution in [2.45, 2.75) is 217 Å². The molecule has 568 valence electrons. The zero-order valence-electron chi connectivity index (χ0n) is 57.4. The molecular weight excluding hydrogens is 1360 g/mol. The first-order valence-electron chi connectivity index (χ1n) is 32.8. The van der Waals surface area contributed by atoms with Crippen molar-refractivity contribution in [2.75, 3.05) is 50.1 Å². The minimum atomic E-state index is -1.91. The number of nitrogens with two attached hydrogens (primary N) is 4. The summed E-state index contributed by atoms with van der Waals surface area (Å²) in [5.74, 6) is -18.2. The van der Waals surface area contributed by atoms with Crippen LogP contribution < -0.4 is 76.1 Å². The van der Waals surface area contributed by atoms with Gasteiger partial charge in [0.2, 0.25) is 65.0 Å². The van der Waals surface area contributed by atoms with E-state index in [2.05, 4.69) is 70.8 Å². The highest BCUT2D eigenvalue weighted by Gasteiger charge is 2.42. The number of nitrogens with one attached hydrogen (secondary N) is 10. The van der Waals surface area contributed by atoms with Crippen molar-refractivity contribution in [1.82, 2.24) is 58.1 Å². The molecule has 0 aromatic carbocycles. The van der Waals surface area contributed by atoms with Gasteiger partial charge >= 0.3 is 23.9 Å². The summed E-state index contributed by atoms with van der Waals surface area (Å²) >= 11 is 5.21. The monoisotopic (exact) mass is 1460 g/mol. The van der Waals surface area contributed by atoms with Gasteiger partial charge in [-0.1, -0.05) is 34.6 Å². The average molecular weight is 1470 g/mol. The summed E-state index contributed by atoms with van der Waals surface area (Å²) in [5.41, 5.74) is 22.6. The molecule has 1 saturated heterocycles. The lowest BCUT2D eigenvalue weighted by Crippen LogP contribution is -2.62. The van der Waals surface area contributed by atoms with Crippen LogP contribution in [0.25, 0.3) is 0 Å². The number of aliphatic imine (C=N–C) groups is 1. The van der Waals surface area contributed by atoms with Crippen LogP contribution in [0.5, 0.6) is 0 Å². The molecule has 100 heavy (non-hydrogen) atoms. The van der Waals surface area contributed by atoms with Gasteiger partial charge in [-0.25, -0.2) is 4.79 Å². The molecule has 14 atom stereocenters. The first-order valence-corrected chi connectivity index (χ1v) is 34.6. The number of nitrogens with zero attached hydrogens (tertiary/aromatic N) is 2. The summed E-state index contributed by atoms with van der Waals surface area (Å²) in [4.78, 5) is 205. The number of hydrogen-bond donors (Lipinski definition) is 21. The van der Waals surface area contributed by atoms with Gasteiger partial charge in [0.15, 0.2) is 12.0 Å². The summed E-state index contributed by atoms with van der Waals surface area (Å²) in [5, 5.41) is 83.8. The number of thioether (sulfide) groups is 1. The van der Waals surface area contributed by atoms with E-state index < -0.39 is 211 Å². The Morgan fingerprint density at radius 3 is 1.66 bits per heavy atom. The number of thiol groups is 1. The van der Waals surface area contributed by atoms with Gasteiger partial charge in [0.25, 0.3) is 0 Å². The van der Waals surface area contributed by atoms with E-state index in [1.807, 2.05) is 0 Å². The molecule has 1 aliphatic heterocycles. The topological polar surface area (TPSA) is 627 Å². The number of amides is 11. The first-order chi connectivity index (χ1) is 46.9. The zero-order chi connectivity index (χ0) is 76.1. The quantitative estimate of drug-likeness (QED) is 0.00885. The number of carbonyl (C=O) groups excluding carboxylic acids is 12. The Bertz CT molecular complexity index is 2800. The van der Waals surface area contributed by atoms with E-state index in [-0.39, 0.29) is 101 Å². The van der Waals surface area contributed by atoms with Crippen LogP contribution >= 0.6 is 24.4 Å². The van der Waals surface area contributed by atoms with Crippen LogP contribution in [0.15, 0.2) is 4.99 Å². The Hall–Kier alpha value is -8.18. The number of aliphatic carboxylic acids is 3. The molecule has 38 nitrogen and oxygen atoms in total. The van der Waals surface area contributed by atoms with Crippen molar-refractivity contribution >= 4 is 119 Å². The smallest absolute Gasteiger partial charge is 0.328 e. The molecule has 0 radical (unpaired) electrons. The second kappa shape index (κ2) is 47.0. The molecule has 1 fully saturated rings. The molecule has 11 amide bonds. The standard InChI is InChI=1S/C60H104N16O22S2/c1-8-13-44(84)98-22-23-100-28-40(73-53(90)39(27-99)72-51(88)37(25-43(82)83)70-56(93)45(62)30(4)5)54(91)69-36(24-29(2)3)50(87)71-38(26-77)52(89)68-35(15-11-20-65-60(63)64)58(95)76-21-12-16-41(76)55(92)74-46(31(6)78)57(94)67-34(17-18-42(80)81)48(85)66-33(14-9-10-19-61)49(86)75-47(32(7)79)59(96)97/h29-41,45-47,77-79,99H,8-28,61-62H2,1-7H3,(H,66,85)(H,67,94)(H,68,89)(H,69,91)(H,70,93)(H,71,87)(H,72,88)(H,73,90)(H,74,92)(H,75,86)(H,80,81)(H,82,83)(H,96,97)(H4,63,64,65)/t31-,32-,33+,34+,35+,36+,37+,38+,39+,40+,41+,45+,46+,47+/m1/s1. The number of carbonyl (C=O) groups is 15. The predicted molar refractivity (Wildman–Crippen MR) is 363 cm³/mol. The summed E-state index contributed by atoms with van der Waals surface area (Å²) in [6.45, 7) is 9.28. The summed E-state index contributed by atoms with van der Waals surface area (Å²) in [6, 6.07) is -19.3. The van der Waals surface area contributed by atoms with Crippen molar-refractivity contribution < 1.29 is 107 Å². The van der Waals surface area contributed by atoms with Gasteiger partial charge in [-0.2, -0.15) is 24.4 Å². The van der Waals surface area contributed by atoms with Gasteiger partial charge in [-0.05, 0) is 96.4 Å². The molecule has 40 heteroatoms. The molecule has 1 rings (SSSR count). The third kappa shape index (κ3) is 33.3. The maximum absolute atomic E-state index is 14.7. The number of guanidine groups is 1. The molecule has 0 bridgehead atoms. The highest BCUT2D eigenvalue weighted by atomic mass is 32.2. The molecule has 0 saturated carbocycles. The summed E-state index contributed by atoms with van der Waals surface area (Å²) in [6.07, 6.45) is -4.77. The molecule has 0 aromatic heterocycles. The number of likely N-dealkylation sites (tertiary alicyclic amines) is 1. The normalized spacial score (nSPS) is 16.6. The lowest BCUT2D eigenvalue weighted by molar-refractivity contribution is -0.145. The third-order valence-corrected chi connectivity index (χ3v) is 16.6. The third-order valence-electron chi connectivity index (χ3n) is 15.2. The minimum absolute atomic E-state index is 0.000840. The summed E-state index contributed by atoms with van der Waals surface area (Å²) in [7, 11) is 0. The minimum Gasteiger partial charge on any atom is -0.481 e. The van der Waals surface area contributed by atoms with Crippen LogP contribution in [0, 0.1) is 11.8 Å². The summed E-state index contributed by atoms with van der Waals surface area (Å²) < 4.78 is 5.21. The van der Waals surface area contributed by atoms with Gasteiger partial charge in [0, 0.05) is 43.2 Å². The van der Waals surface area contributed by atoms with Gasteiger partial charge in [-0.15, -0.1) is 0 Å². The second-order valence-corrected chi connectivity index (χ2v) is 26.1. The van der Waals surface area contributed by atoms with Gasteiger partial charge < -0.3 is 116 Å². The number of aliphatic hydroxyl groups is 3. The van der Waals surface area contributed by atoms with Crippen LogP contribution in [0.2, 0.25) is 0 Å². The molecular formula is C60H104N16O22S2. The van der Waals surface area contributed by atoms with E-state index in [9.17, 15) is 103 Å². The van der Waals surface area contributed by atoms with Crippen molar-refractivity contribution in [3.05, 3.63) is 0 Å². The zero-order valence-corrected chi connectivity index (χ0v) is 59.1. The highest BCUT2D eigenvalue weighted by molar-refractivity contribution is 7.99. The number of unbranched alkanes of at least 4 members (excludes halogenated alkanes) is 1. The Morgan fingerprint density at radius 2 is 1.11 bits per heavy atom. The number of aliphatic hydroxyl groups excluding tert-OH is 3. The van der Waals surface area contributed by atoms with E-state index in [0.717, 1.165) is 30.5 Å². The number of ether oxygens (including phenoxy) is 1. The van der Waals surface area contributed by atoms with Crippen LogP contribution in [-0.4, -0.2) is 265 Å². The largest absolute Gasteiger partial charge is 0.481 e. The molecule has 0 aromatic rings. The van der Waals surface area contributed by atoms with E-state index in [1.54, 1.807) is 34.6 Å². The fourth-order valence-electron chi connectivity index (χ4n) is 9.68. The van der Waals surface area contributed by atoms with Crippen molar-refractivity contribution in [1.29, 1.82) is 0 Å². The van der Waals surface area contributed by atoms with E-state index in [4.69, 9.17) is 27.7 Å². The van der Waals surface area contributed by atoms with Crippen LogP contribution in [0.3, 0.4) is 0 Å². The van der Waals surface area contributed by atoms with Crippen molar-refractivity contribution in [3.63, 3.8) is 0 Å². The number of hydrogen-bond acceptors (Lipinski definition) is 24. The maximum Gasteiger partial charge on any atom is 0.328 e. The van der Waals surface area contributed by atoms with E-state index >= 15 is 0 Å². The molecule has 1 aliphatic rings. The van der Waals surface area contributed by atoms with Gasteiger partial charge in [-0.3, -0.25) is 72.1 Å². The van der Waals surface area contributed by atoms with Crippen molar-refractivity contribution in [3.8, 4) is 0 Å². The lowest BCUT2D eigenvalue weighted by atomic mass is 10.0. The molecule has 0 spiro atoms. The second-order valence-electron chi connectivity index (χ2n) is 24.5. The number of esters is 1. The Kier molecular flexibility index (Phi) is 42.2.